The zero-order valence-corrected chi connectivity index (χ0v) is 8.86. The molecule has 19 heavy (non-hydrogen) atoms. The average Bonchev–Trinajstić information content (AvgIpc) is 3.08. The number of ether oxygens (including phenoxy) is 2. The third-order valence-corrected chi connectivity index (χ3v) is 2.23. The lowest BCUT2D eigenvalue weighted by Crippen LogP contribution is -2.61. The number of hydrogen-bond donors (Lipinski definition) is 0. The molecule has 2 unspecified atom stereocenters. The summed E-state index contributed by atoms with van der Waals surface area (Å²) in [5, 5.41) is 0. The van der Waals surface area contributed by atoms with Crippen LogP contribution in [-0.2, 0) is 9.47 Å². The number of rotatable bonds is 7. The van der Waals surface area contributed by atoms with E-state index in [0.29, 0.717) is 0 Å². The molecule has 11 heteroatoms. The van der Waals surface area contributed by atoms with Crippen LogP contribution in [0.2, 0.25) is 0 Å². The molecular formula is C8H7F9O2. The molecule has 1 aliphatic rings. The second-order valence-electron chi connectivity index (χ2n) is 3.73. The van der Waals surface area contributed by atoms with E-state index in [9.17, 15) is 39.5 Å². The van der Waals surface area contributed by atoms with Gasteiger partial charge in [-0.25, -0.2) is 13.2 Å². The molecule has 0 aromatic carbocycles. The average molecular weight is 306 g/mol. The molecule has 2 atom stereocenters. The summed E-state index contributed by atoms with van der Waals surface area (Å²) in [7, 11) is 0. The molecule has 0 saturated carbocycles. The first-order valence-electron chi connectivity index (χ1n) is 4.73. The van der Waals surface area contributed by atoms with Gasteiger partial charge in [-0.3, -0.25) is 0 Å². The first kappa shape index (κ1) is 16.3. The molecule has 0 bridgehead atoms. The van der Waals surface area contributed by atoms with Crippen molar-refractivity contribution >= 4 is 0 Å². The first-order chi connectivity index (χ1) is 8.44. The van der Waals surface area contributed by atoms with E-state index >= 15 is 0 Å². The van der Waals surface area contributed by atoms with Gasteiger partial charge in [-0.1, -0.05) is 0 Å². The van der Waals surface area contributed by atoms with Crippen molar-refractivity contribution in [3.05, 3.63) is 0 Å². The topological polar surface area (TPSA) is 21.8 Å². The van der Waals surface area contributed by atoms with Crippen molar-refractivity contribution in [2.75, 3.05) is 13.2 Å². The van der Waals surface area contributed by atoms with Crippen LogP contribution in [0.5, 0.6) is 0 Å². The fourth-order valence-electron chi connectivity index (χ4n) is 0.962. The summed E-state index contributed by atoms with van der Waals surface area (Å²) in [5.74, 6) is -19.1. The van der Waals surface area contributed by atoms with Gasteiger partial charge in [0.05, 0.1) is 13.2 Å². The van der Waals surface area contributed by atoms with E-state index in [4.69, 9.17) is 0 Å². The number of epoxide rings is 1. The van der Waals surface area contributed by atoms with Gasteiger partial charge in [0, 0.05) is 0 Å². The lowest BCUT2D eigenvalue weighted by atomic mass is 10.0. The van der Waals surface area contributed by atoms with E-state index in [1.807, 2.05) is 0 Å². The maximum Gasteiger partial charge on any atom is 0.383 e. The molecule has 0 N–H and O–H groups in total. The van der Waals surface area contributed by atoms with Gasteiger partial charge in [0.2, 0.25) is 0 Å². The molecule has 0 aromatic heterocycles. The lowest BCUT2D eigenvalue weighted by molar-refractivity contribution is -0.373. The third-order valence-electron chi connectivity index (χ3n) is 2.23. The van der Waals surface area contributed by atoms with Crippen LogP contribution >= 0.6 is 0 Å². The summed E-state index contributed by atoms with van der Waals surface area (Å²) in [6, 6.07) is 0. The number of alkyl halides is 9. The van der Waals surface area contributed by atoms with Crippen LogP contribution in [0.4, 0.5) is 39.5 Å². The fourth-order valence-corrected chi connectivity index (χ4v) is 0.962. The smallest absolute Gasteiger partial charge is 0.371 e. The fraction of sp³-hybridized carbons (Fsp3) is 1.00. The maximum absolute atomic E-state index is 12.8. The van der Waals surface area contributed by atoms with Gasteiger partial charge in [-0.05, 0) is 0 Å². The summed E-state index contributed by atoms with van der Waals surface area (Å²) in [5.41, 5.74) is 0. The Morgan fingerprint density at radius 1 is 1.00 bits per heavy atom. The van der Waals surface area contributed by atoms with E-state index in [0.717, 1.165) is 0 Å². The predicted octanol–water partition coefficient (Wildman–Crippen LogP) is 2.87. The summed E-state index contributed by atoms with van der Waals surface area (Å²) in [4.78, 5) is 0. The summed E-state index contributed by atoms with van der Waals surface area (Å²) in [6.07, 6.45) is -10.1. The van der Waals surface area contributed by atoms with Gasteiger partial charge in [0.1, 0.15) is 6.10 Å². The molecule has 0 aromatic rings. The third kappa shape index (κ3) is 2.91. The molecule has 1 aliphatic heterocycles. The summed E-state index contributed by atoms with van der Waals surface area (Å²) in [6.45, 7) is -0.880. The highest BCUT2D eigenvalue weighted by Crippen LogP contribution is 2.50. The SMILES string of the molecule is FC(F)C(F)(F)C(F)(F)C(F)(F)C(F)OCC1CO1. The first-order valence-corrected chi connectivity index (χ1v) is 4.73. The minimum absolute atomic E-state index is 0.00186. The molecule has 1 saturated heterocycles. The minimum Gasteiger partial charge on any atom is -0.371 e. The van der Waals surface area contributed by atoms with Crippen molar-refractivity contribution in [1.29, 1.82) is 0 Å². The Labute approximate surface area is 100 Å². The molecule has 1 rings (SSSR count). The molecule has 0 radical (unpaired) electrons. The molecule has 114 valence electrons. The summed E-state index contributed by atoms with van der Waals surface area (Å²) < 4.78 is 120. The Balaban J connectivity index is 2.82. The molecule has 0 aliphatic carbocycles. The Kier molecular flexibility index (Phi) is 4.30. The summed E-state index contributed by atoms with van der Waals surface area (Å²) >= 11 is 0. The number of halogens is 9. The highest BCUT2D eigenvalue weighted by molar-refractivity contribution is 4.99. The van der Waals surface area contributed by atoms with Crippen molar-refractivity contribution in [3.63, 3.8) is 0 Å². The van der Waals surface area contributed by atoms with Crippen LogP contribution in [0.3, 0.4) is 0 Å². The highest BCUT2D eigenvalue weighted by Gasteiger charge is 2.78. The lowest BCUT2D eigenvalue weighted by Gasteiger charge is -2.33. The van der Waals surface area contributed by atoms with Gasteiger partial charge >= 0.3 is 24.2 Å². The Morgan fingerprint density at radius 3 is 1.84 bits per heavy atom. The molecular weight excluding hydrogens is 299 g/mol. The second kappa shape index (κ2) is 5.00. The largest absolute Gasteiger partial charge is 0.383 e. The van der Waals surface area contributed by atoms with Crippen LogP contribution < -0.4 is 0 Å². The second-order valence-corrected chi connectivity index (χ2v) is 3.73. The van der Waals surface area contributed by atoms with Crippen LogP contribution in [0.25, 0.3) is 0 Å². The molecule has 2 nitrogen and oxygen atoms in total. The van der Waals surface area contributed by atoms with E-state index in [1.165, 1.54) is 0 Å². The monoisotopic (exact) mass is 306 g/mol. The molecule has 0 amide bonds. The minimum atomic E-state index is -6.61. The zero-order chi connectivity index (χ0) is 15.1. The Bertz CT molecular complexity index is 315. The van der Waals surface area contributed by atoms with Crippen LogP contribution in [0.1, 0.15) is 0 Å². The van der Waals surface area contributed by atoms with Crippen molar-refractivity contribution < 1.29 is 49.0 Å². The predicted molar refractivity (Wildman–Crippen MR) is 41.4 cm³/mol. The van der Waals surface area contributed by atoms with E-state index in [2.05, 4.69) is 9.47 Å². The standard InChI is InChI=1S/C8H7F9O2/c9-4(10)6(12,13)8(16,17)7(14,15)5(11)19-2-3-1-18-3/h3-5H,1-2H2. The van der Waals surface area contributed by atoms with Crippen LogP contribution in [0.15, 0.2) is 0 Å². The van der Waals surface area contributed by atoms with E-state index in [-0.39, 0.29) is 6.61 Å². The van der Waals surface area contributed by atoms with Gasteiger partial charge in [0.15, 0.2) is 0 Å². The zero-order valence-electron chi connectivity index (χ0n) is 8.86. The van der Waals surface area contributed by atoms with Crippen LogP contribution in [0, 0.1) is 0 Å². The van der Waals surface area contributed by atoms with Crippen molar-refractivity contribution in [3.8, 4) is 0 Å². The number of hydrogen-bond acceptors (Lipinski definition) is 2. The van der Waals surface area contributed by atoms with Crippen LogP contribution in [-0.4, -0.2) is 49.9 Å². The van der Waals surface area contributed by atoms with Gasteiger partial charge in [-0.2, -0.15) is 26.3 Å². The van der Waals surface area contributed by atoms with E-state index < -0.39 is 43.3 Å². The highest BCUT2D eigenvalue weighted by atomic mass is 19.4. The van der Waals surface area contributed by atoms with Gasteiger partial charge < -0.3 is 9.47 Å². The van der Waals surface area contributed by atoms with Crippen molar-refractivity contribution in [2.24, 2.45) is 0 Å². The van der Waals surface area contributed by atoms with Crippen molar-refractivity contribution in [1.82, 2.24) is 0 Å². The maximum atomic E-state index is 12.8. The molecule has 1 heterocycles. The van der Waals surface area contributed by atoms with E-state index in [1.54, 1.807) is 0 Å². The molecule has 0 spiro atoms. The molecule has 1 fully saturated rings. The van der Waals surface area contributed by atoms with Crippen molar-refractivity contribution in [2.45, 2.75) is 36.7 Å². The van der Waals surface area contributed by atoms with Gasteiger partial charge in [-0.15, -0.1) is 0 Å². The quantitative estimate of drug-likeness (QED) is 0.533. The Morgan fingerprint density at radius 2 is 1.47 bits per heavy atom. The van der Waals surface area contributed by atoms with Gasteiger partial charge in [0.25, 0.3) is 6.36 Å². The normalized spacial score (nSPS) is 22.7. The Hall–Kier alpha value is -0.710.